The molecule has 0 aliphatic heterocycles. The summed E-state index contributed by atoms with van der Waals surface area (Å²) in [4.78, 5) is 17.7. The number of nitrogens with zero attached hydrogens (tertiary/aromatic N) is 4. The highest BCUT2D eigenvalue weighted by Gasteiger charge is 2.20. The number of carbonyl (C=O) groups is 1. The topological polar surface area (TPSA) is 72.7 Å². The van der Waals surface area contributed by atoms with E-state index < -0.39 is 0 Å². The van der Waals surface area contributed by atoms with Crippen LogP contribution in [0.25, 0.3) is 16.4 Å². The first kappa shape index (κ1) is 20.2. The fourth-order valence-corrected chi connectivity index (χ4v) is 4.01. The second-order valence-electron chi connectivity index (χ2n) is 7.10. The zero-order valence-corrected chi connectivity index (χ0v) is 18.0. The lowest BCUT2D eigenvalue weighted by molar-refractivity contribution is 0.0956. The summed E-state index contributed by atoms with van der Waals surface area (Å²) < 4.78 is 1.82. The van der Waals surface area contributed by atoms with Crippen molar-refractivity contribution in [1.29, 1.82) is 0 Å². The van der Waals surface area contributed by atoms with Gasteiger partial charge < -0.3 is 5.32 Å². The molecule has 7 heteroatoms. The Labute approximate surface area is 170 Å². The van der Waals surface area contributed by atoms with Crippen LogP contribution in [0.5, 0.6) is 0 Å². The van der Waals surface area contributed by atoms with Gasteiger partial charge in [0.05, 0.1) is 17.1 Å². The van der Waals surface area contributed by atoms with Gasteiger partial charge in [0.2, 0.25) is 0 Å². The lowest BCUT2D eigenvalue weighted by Crippen LogP contribution is -2.24. The zero-order chi connectivity index (χ0) is 20.3. The minimum absolute atomic E-state index is 0.0587. The summed E-state index contributed by atoms with van der Waals surface area (Å²) in [7, 11) is 0. The Balaban J connectivity index is 1.84. The SMILES string of the molecule is CCCCCNC(=O)c1sc(-c2nnn(-c3ccc(C)c(C)c3)c2C)nc1C. The Bertz CT molecular complexity index is 989. The number of benzene rings is 1. The summed E-state index contributed by atoms with van der Waals surface area (Å²) in [6, 6.07) is 6.22. The van der Waals surface area contributed by atoms with Gasteiger partial charge in [-0.05, 0) is 57.4 Å². The number of aromatic nitrogens is 4. The molecule has 0 saturated heterocycles. The number of carbonyl (C=O) groups excluding carboxylic acids is 1. The van der Waals surface area contributed by atoms with Crippen molar-refractivity contribution in [2.24, 2.45) is 0 Å². The highest BCUT2D eigenvalue weighted by Crippen LogP contribution is 2.29. The molecule has 28 heavy (non-hydrogen) atoms. The van der Waals surface area contributed by atoms with Crippen LogP contribution < -0.4 is 5.32 Å². The number of amides is 1. The van der Waals surface area contributed by atoms with Gasteiger partial charge in [-0.15, -0.1) is 16.4 Å². The molecule has 0 aliphatic rings. The number of nitrogens with one attached hydrogen (secondary N) is 1. The van der Waals surface area contributed by atoms with Gasteiger partial charge in [-0.25, -0.2) is 9.67 Å². The minimum atomic E-state index is -0.0587. The fraction of sp³-hybridized carbons (Fsp3) is 0.429. The van der Waals surface area contributed by atoms with Gasteiger partial charge in [0.1, 0.15) is 15.6 Å². The molecule has 1 aromatic carbocycles. The monoisotopic (exact) mass is 397 g/mol. The van der Waals surface area contributed by atoms with Crippen molar-refractivity contribution in [3.8, 4) is 16.4 Å². The highest BCUT2D eigenvalue weighted by molar-refractivity contribution is 7.17. The van der Waals surface area contributed by atoms with Crippen molar-refractivity contribution < 1.29 is 4.79 Å². The lowest BCUT2D eigenvalue weighted by atomic mass is 10.1. The van der Waals surface area contributed by atoms with Crippen LogP contribution in [-0.4, -0.2) is 32.4 Å². The first-order valence-electron chi connectivity index (χ1n) is 9.68. The van der Waals surface area contributed by atoms with Crippen molar-refractivity contribution in [3.63, 3.8) is 0 Å². The first-order chi connectivity index (χ1) is 13.4. The van der Waals surface area contributed by atoms with Crippen LogP contribution in [0.15, 0.2) is 18.2 Å². The van der Waals surface area contributed by atoms with Crippen LogP contribution in [-0.2, 0) is 0 Å². The molecule has 0 fully saturated rings. The van der Waals surface area contributed by atoms with E-state index >= 15 is 0 Å². The summed E-state index contributed by atoms with van der Waals surface area (Å²) in [5, 5.41) is 12.4. The Hall–Kier alpha value is -2.54. The number of hydrogen-bond donors (Lipinski definition) is 1. The Morgan fingerprint density at radius 1 is 1.14 bits per heavy atom. The van der Waals surface area contributed by atoms with Gasteiger partial charge in [0, 0.05) is 6.54 Å². The number of thiazole rings is 1. The normalized spacial score (nSPS) is 11.0. The molecule has 0 saturated carbocycles. The number of hydrogen-bond acceptors (Lipinski definition) is 5. The van der Waals surface area contributed by atoms with E-state index in [2.05, 4.69) is 53.5 Å². The predicted molar refractivity (Wildman–Crippen MR) is 113 cm³/mol. The molecule has 0 bridgehead atoms. The van der Waals surface area contributed by atoms with E-state index in [9.17, 15) is 4.79 Å². The largest absolute Gasteiger partial charge is 0.351 e. The van der Waals surface area contributed by atoms with E-state index in [1.165, 1.54) is 22.5 Å². The quantitative estimate of drug-likeness (QED) is 0.594. The molecule has 0 radical (unpaired) electrons. The summed E-state index contributed by atoms with van der Waals surface area (Å²) >= 11 is 1.37. The van der Waals surface area contributed by atoms with Crippen molar-refractivity contribution in [2.45, 2.75) is 53.9 Å². The smallest absolute Gasteiger partial charge is 0.263 e. The summed E-state index contributed by atoms with van der Waals surface area (Å²) in [6.07, 6.45) is 3.25. The molecule has 0 atom stereocenters. The van der Waals surface area contributed by atoms with Gasteiger partial charge in [0.15, 0.2) is 0 Å². The number of unbranched alkanes of at least 4 members (excludes halogenated alkanes) is 2. The van der Waals surface area contributed by atoms with E-state index in [4.69, 9.17) is 0 Å². The van der Waals surface area contributed by atoms with Crippen LogP contribution in [0.1, 0.15) is 58.4 Å². The molecule has 0 aliphatic carbocycles. The lowest BCUT2D eigenvalue weighted by Gasteiger charge is -2.06. The van der Waals surface area contributed by atoms with Gasteiger partial charge in [-0.2, -0.15) is 0 Å². The molecule has 3 rings (SSSR count). The highest BCUT2D eigenvalue weighted by atomic mass is 32.1. The molecule has 2 aromatic heterocycles. The maximum absolute atomic E-state index is 12.5. The molecule has 0 spiro atoms. The Kier molecular flexibility index (Phi) is 6.24. The van der Waals surface area contributed by atoms with Crippen LogP contribution in [0.3, 0.4) is 0 Å². The third kappa shape index (κ3) is 4.14. The van der Waals surface area contributed by atoms with E-state index in [0.29, 0.717) is 11.4 Å². The molecule has 148 valence electrons. The van der Waals surface area contributed by atoms with Crippen molar-refractivity contribution >= 4 is 17.2 Å². The molecule has 2 heterocycles. The minimum Gasteiger partial charge on any atom is -0.351 e. The van der Waals surface area contributed by atoms with Gasteiger partial charge in [0.25, 0.3) is 5.91 Å². The summed E-state index contributed by atoms with van der Waals surface area (Å²) in [6.45, 7) is 10.9. The first-order valence-corrected chi connectivity index (χ1v) is 10.5. The Morgan fingerprint density at radius 2 is 1.93 bits per heavy atom. The molecular weight excluding hydrogens is 370 g/mol. The van der Waals surface area contributed by atoms with Crippen molar-refractivity contribution in [2.75, 3.05) is 6.54 Å². The zero-order valence-electron chi connectivity index (χ0n) is 17.2. The second kappa shape index (κ2) is 8.65. The predicted octanol–water partition coefficient (Wildman–Crippen LogP) is 4.54. The van der Waals surface area contributed by atoms with E-state index in [1.807, 2.05) is 24.6 Å². The maximum atomic E-state index is 12.5. The molecule has 3 aromatic rings. The Morgan fingerprint density at radius 3 is 2.64 bits per heavy atom. The van der Waals surface area contributed by atoms with Crippen LogP contribution in [0, 0.1) is 27.7 Å². The van der Waals surface area contributed by atoms with Gasteiger partial charge in [-0.3, -0.25) is 4.79 Å². The molecule has 0 unspecified atom stereocenters. The average Bonchev–Trinajstić information content (AvgIpc) is 3.23. The molecule has 1 amide bonds. The number of rotatable bonds is 7. The van der Waals surface area contributed by atoms with Gasteiger partial charge in [-0.1, -0.05) is 31.0 Å². The van der Waals surface area contributed by atoms with Crippen molar-refractivity contribution in [3.05, 3.63) is 45.6 Å². The van der Waals surface area contributed by atoms with Crippen LogP contribution >= 0.6 is 11.3 Å². The average molecular weight is 398 g/mol. The van der Waals surface area contributed by atoms with E-state index in [1.54, 1.807) is 0 Å². The van der Waals surface area contributed by atoms with E-state index in [-0.39, 0.29) is 5.91 Å². The standard InChI is InChI=1S/C21H27N5OS/c1-6-7-8-11-22-20(27)19-15(4)23-21(28-19)18-16(5)26(25-24-18)17-10-9-13(2)14(3)12-17/h9-10,12H,6-8,11H2,1-5H3,(H,22,27). The third-order valence-electron chi connectivity index (χ3n) is 4.90. The molecule has 1 N–H and O–H groups in total. The van der Waals surface area contributed by atoms with Crippen molar-refractivity contribution in [1.82, 2.24) is 25.3 Å². The number of aryl methyl sites for hydroxylation is 3. The van der Waals surface area contributed by atoms with E-state index in [0.717, 1.165) is 47.0 Å². The molecular formula is C21H27N5OS. The third-order valence-corrected chi connectivity index (χ3v) is 6.06. The van der Waals surface area contributed by atoms with Crippen LogP contribution in [0.2, 0.25) is 0 Å². The van der Waals surface area contributed by atoms with Crippen LogP contribution in [0.4, 0.5) is 0 Å². The summed E-state index contributed by atoms with van der Waals surface area (Å²) in [5.41, 5.74) is 5.78. The fourth-order valence-electron chi connectivity index (χ4n) is 2.99. The maximum Gasteiger partial charge on any atom is 0.263 e. The molecule has 6 nitrogen and oxygen atoms in total. The summed E-state index contributed by atoms with van der Waals surface area (Å²) in [5.74, 6) is -0.0587. The second-order valence-corrected chi connectivity index (χ2v) is 8.10. The van der Waals surface area contributed by atoms with Gasteiger partial charge >= 0.3 is 0 Å².